The van der Waals surface area contributed by atoms with Crippen LogP contribution in [0.2, 0.25) is 19.6 Å². The number of rotatable bonds is 9. The molecule has 0 amide bonds. The van der Waals surface area contributed by atoms with E-state index in [2.05, 4.69) is 19.6 Å². The molecular formula is C11H24O4Si. The van der Waals surface area contributed by atoms with E-state index in [-0.39, 0.29) is 0 Å². The summed E-state index contributed by atoms with van der Waals surface area (Å²) in [5.41, 5.74) is 1.09. The van der Waals surface area contributed by atoms with Crippen molar-refractivity contribution in [2.75, 3.05) is 33.7 Å². The highest BCUT2D eigenvalue weighted by Gasteiger charge is 2.13. The predicted molar refractivity (Wildman–Crippen MR) is 66.8 cm³/mol. The molecule has 0 aliphatic rings. The number of hydrogen-bond donors (Lipinski definition) is 0. The van der Waals surface area contributed by atoms with Crippen molar-refractivity contribution in [3.05, 3.63) is 11.8 Å². The van der Waals surface area contributed by atoms with Crippen LogP contribution in [0.5, 0.6) is 0 Å². The van der Waals surface area contributed by atoms with Crippen LogP contribution >= 0.6 is 0 Å². The molecule has 0 unspecified atom stereocenters. The molecule has 0 spiro atoms. The Labute approximate surface area is 99.7 Å². The molecular weight excluding hydrogens is 224 g/mol. The standard InChI is InChI=1S/C11H24O4Si/c1-11(9-15-16(3,4)5)8-13-6-7-14-10-12-2/h8H,6-7,9-10H2,1-5H3. The maximum atomic E-state index is 5.73. The summed E-state index contributed by atoms with van der Waals surface area (Å²) >= 11 is 0. The molecule has 0 aromatic carbocycles. The van der Waals surface area contributed by atoms with Gasteiger partial charge in [-0.15, -0.1) is 0 Å². The summed E-state index contributed by atoms with van der Waals surface area (Å²) in [6.07, 6.45) is 1.73. The minimum absolute atomic E-state index is 0.310. The van der Waals surface area contributed by atoms with Gasteiger partial charge in [0.15, 0.2) is 8.32 Å². The van der Waals surface area contributed by atoms with Crippen LogP contribution in [0.25, 0.3) is 0 Å². The van der Waals surface area contributed by atoms with Crippen LogP contribution in [-0.2, 0) is 18.6 Å². The largest absolute Gasteiger partial charge is 0.499 e. The minimum Gasteiger partial charge on any atom is -0.499 e. The third-order valence-electron chi connectivity index (χ3n) is 1.56. The van der Waals surface area contributed by atoms with Gasteiger partial charge in [-0.1, -0.05) is 0 Å². The predicted octanol–water partition coefficient (Wildman–Crippen LogP) is 2.38. The summed E-state index contributed by atoms with van der Waals surface area (Å²) in [5, 5.41) is 0. The van der Waals surface area contributed by atoms with Gasteiger partial charge in [-0.25, -0.2) is 0 Å². The fraction of sp³-hybridized carbons (Fsp3) is 0.818. The van der Waals surface area contributed by atoms with Crippen molar-refractivity contribution in [3.8, 4) is 0 Å². The van der Waals surface area contributed by atoms with Crippen molar-refractivity contribution >= 4 is 8.32 Å². The number of methoxy groups -OCH3 is 1. The molecule has 16 heavy (non-hydrogen) atoms. The first-order chi connectivity index (χ1) is 7.45. The maximum Gasteiger partial charge on any atom is 0.184 e. The first-order valence-corrected chi connectivity index (χ1v) is 8.84. The molecule has 0 aromatic rings. The van der Waals surface area contributed by atoms with Crippen molar-refractivity contribution in [2.24, 2.45) is 0 Å². The molecule has 0 rings (SSSR count). The Morgan fingerprint density at radius 3 is 2.44 bits per heavy atom. The molecule has 0 radical (unpaired) electrons. The highest BCUT2D eigenvalue weighted by atomic mass is 28.4. The van der Waals surface area contributed by atoms with E-state index < -0.39 is 8.32 Å². The molecule has 0 fully saturated rings. The Balaban J connectivity index is 3.48. The molecule has 96 valence electrons. The highest BCUT2D eigenvalue weighted by Crippen LogP contribution is 2.05. The first kappa shape index (κ1) is 15.6. The van der Waals surface area contributed by atoms with Gasteiger partial charge in [0.1, 0.15) is 13.4 Å². The Morgan fingerprint density at radius 1 is 1.19 bits per heavy atom. The van der Waals surface area contributed by atoms with Gasteiger partial charge in [-0.05, 0) is 32.1 Å². The van der Waals surface area contributed by atoms with E-state index in [1.54, 1.807) is 13.4 Å². The van der Waals surface area contributed by atoms with E-state index in [1.807, 2.05) is 6.92 Å². The summed E-state index contributed by atoms with van der Waals surface area (Å²) < 4.78 is 20.8. The lowest BCUT2D eigenvalue weighted by Crippen LogP contribution is -2.26. The normalized spacial score (nSPS) is 12.9. The summed E-state index contributed by atoms with van der Waals surface area (Å²) in [6, 6.07) is 0. The molecule has 5 heteroatoms. The molecule has 0 saturated carbocycles. The average Bonchev–Trinajstić information content (AvgIpc) is 2.19. The molecule has 0 heterocycles. The molecule has 0 aromatic heterocycles. The van der Waals surface area contributed by atoms with Gasteiger partial charge in [0, 0.05) is 7.11 Å². The summed E-state index contributed by atoms with van der Waals surface area (Å²) in [4.78, 5) is 0. The minimum atomic E-state index is -1.42. The van der Waals surface area contributed by atoms with Crippen molar-refractivity contribution in [3.63, 3.8) is 0 Å². The monoisotopic (exact) mass is 248 g/mol. The molecule has 0 saturated heterocycles. The first-order valence-electron chi connectivity index (χ1n) is 5.43. The Hall–Kier alpha value is -0.363. The Kier molecular flexibility index (Phi) is 8.55. The van der Waals surface area contributed by atoms with E-state index in [0.717, 1.165) is 5.57 Å². The number of hydrogen-bond acceptors (Lipinski definition) is 4. The summed E-state index contributed by atoms with van der Waals surface area (Å²) in [6.45, 7) is 10.5. The summed E-state index contributed by atoms with van der Waals surface area (Å²) in [7, 11) is 0.173. The zero-order valence-corrected chi connectivity index (χ0v) is 12.0. The zero-order chi connectivity index (χ0) is 12.4. The van der Waals surface area contributed by atoms with Crippen molar-refractivity contribution < 1.29 is 18.6 Å². The molecule has 0 aliphatic heterocycles. The van der Waals surface area contributed by atoms with E-state index in [9.17, 15) is 0 Å². The molecule has 0 aliphatic carbocycles. The highest BCUT2D eigenvalue weighted by molar-refractivity contribution is 6.69. The van der Waals surface area contributed by atoms with E-state index in [1.165, 1.54) is 0 Å². The quantitative estimate of drug-likeness (QED) is 0.272. The molecule has 0 bridgehead atoms. The third kappa shape index (κ3) is 11.7. The SMILES string of the molecule is COCOCCOC=C(C)CO[Si](C)(C)C. The fourth-order valence-electron chi connectivity index (χ4n) is 0.815. The summed E-state index contributed by atoms with van der Waals surface area (Å²) in [5.74, 6) is 0. The average molecular weight is 248 g/mol. The van der Waals surface area contributed by atoms with Crippen LogP contribution in [-0.4, -0.2) is 42.0 Å². The van der Waals surface area contributed by atoms with Crippen molar-refractivity contribution in [1.82, 2.24) is 0 Å². The van der Waals surface area contributed by atoms with Gasteiger partial charge in [0.25, 0.3) is 0 Å². The smallest absolute Gasteiger partial charge is 0.184 e. The zero-order valence-electron chi connectivity index (χ0n) is 11.0. The van der Waals surface area contributed by atoms with Gasteiger partial charge < -0.3 is 18.6 Å². The molecule has 4 nitrogen and oxygen atoms in total. The van der Waals surface area contributed by atoms with E-state index >= 15 is 0 Å². The van der Waals surface area contributed by atoms with Crippen LogP contribution in [0.1, 0.15) is 6.92 Å². The van der Waals surface area contributed by atoms with Crippen LogP contribution in [0.3, 0.4) is 0 Å². The second kappa shape index (κ2) is 8.75. The molecule has 0 atom stereocenters. The lowest BCUT2D eigenvalue weighted by Gasteiger charge is -2.17. The number of ether oxygens (including phenoxy) is 3. The van der Waals surface area contributed by atoms with Crippen LogP contribution in [0.15, 0.2) is 11.8 Å². The lowest BCUT2D eigenvalue weighted by molar-refractivity contribution is -0.0426. The third-order valence-corrected chi connectivity index (χ3v) is 2.57. The van der Waals surface area contributed by atoms with Gasteiger partial charge >= 0.3 is 0 Å². The van der Waals surface area contributed by atoms with Crippen LogP contribution in [0, 0.1) is 0 Å². The van der Waals surface area contributed by atoms with Gasteiger partial charge in [-0.2, -0.15) is 0 Å². The van der Waals surface area contributed by atoms with E-state index in [0.29, 0.717) is 26.6 Å². The van der Waals surface area contributed by atoms with Gasteiger partial charge in [-0.3, -0.25) is 0 Å². The van der Waals surface area contributed by atoms with Crippen LogP contribution < -0.4 is 0 Å². The second-order valence-electron chi connectivity index (χ2n) is 4.55. The molecule has 0 N–H and O–H groups in total. The van der Waals surface area contributed by atoms with Gasteiger partial charge in [0.2, 0.25) is 0 Å². The van der Waals surface area contributed by atoms with Gasteiger partial charge in [0.05, 0.1) is 19.5 Å². The van der Waals surface area contributed by atoms with Crippen molar-refractivity contribution in [1.29, 1.82) is 0 Å². The van der Waals surface area contributed by atoms with Crippen molar-refractivity contribution in [2.45, 2.75) is 26.6 Å². The maximum absolute atomic E-state index is 5.73. The topological polar surface area (TPSA) is 36.9 Å². The Morgan fingerprint density at radius 2 is 1.88 bits per heavy atom. The fourth-order valence-corrected chi connectivity index (χ4v) is 1.48. The lowest BCUT2D eigenvalue weighted by atomic mass is 10.4. The second-order valence-corrected chi connectivity index (χ2v) is 9.06. The van der Waals surface area contributed by atoms with E-state index in [4.69, 9.17) is 18.6 Å². The van der Waals surface area contributed by atoms with Crippen LogP contribution in [0.4, 0.5) is 0 Å². The Bertz CT molecular complexity index is 199.